The average molecular weight is 419 g/mol. The first-order valence-electron chi connectivity index (χ1n) is 9.60. The monoisotopic (exact) mass is 418 g/mol. The molecule has 0 N–H and O–H groups in total. The minimum atomic E-state index is -0.168. The summed E-state index contributed by atoms with van der Waals surface area (Å²) in [6.07, 6.45) is 1.84. The van der Waals surface area contributed by atoms with Gasteiger partial charge in [0.25, 0.3) is 5.91 Å². The molecule has 2 fully saturated rings. The second-order valence-electron chi connectivity index (χ2n) is 7.26. The maximum atomic E-state index is 12.8. The Morgan fingerprint density at radius 2 is 2.25 bits per heavy atom. The number of thiazole rings is 1. The number of aryl methyl sites for hydroxylation is 1. The van der Waals surface area contributed by atoms with E-state index in [-0.39, 0.29) is 24.7 Å². The third-order valence-electron chi connectivity index (χ3n) is 5.36. The fraction of sp³-hybridized carbons (Fsp3) is 0.500. The van der Waals surface area contributed by atoms with Crippen LogP contribution in [0.3, 0.4) is 0 Å². The molecule has 1 aromatic carbocycles. The van der Waals surface area contributed by atoms with Crippen molar-refractivity contribution in [3.8, 4) is 5.75 Å². The Bertz CT molecular complexity index is 1010. The van der Waals surface area contributed by atoms with Crippen LogP contribution in [0.1, 0.15) is 17.8 Å². The molecule has 1 amide bonds. The van der Waals surface area contributed by atoms with Gasteiger partial charge in [0.2, 0.25) is 0 Å². The first-order chi connectivity index (χ1) is 13.7. The first kappa shape index (κ1) is 18.3. The zero-order chi connectivity index (χ0) is 19.1. The van der Waals surface area contributed by atoms with Crippen molar-refractivity contribution in [3.63, 3.8) is 0 Å². The number of likely N-dealkylation sites (tertiary alicyclic amines) is 1. The van der Waals surface area contributed by atoms with Crippen molar-refractivity contribution in [2.75, 3.05) is 32.9 Å². The minimum absolute atomic E-state index is 0.0201. The van der Waals surface area contributed by atoms with Gasteiger partial charge >= 0.3 is 0 Å². The molecule has 0 spiro atoms. The third kappa shape index (κ3) is 3.39. The van der Waals surface area contributed by atoms with Gasteiger partial charge in [-0.15, -0.1) is 22.7 Å². The Labute approximate surface area is 171 Å². The Balaban J connectivity index is 1.30. The maximum absolute atomic E-state index is 12.8. The van der Waals surface area contributed by atoms with Crippen LogP contribution in [0.5, 0.6) is 5.75 Å². The van der Waals surface area contributed by atoms with Gasteiger partial charge in [0.05, 0.1) is 33.1 Å². The quantitative estimate of drug-likeness (QED) is 0.645. The van der Waals surface area contributed by atoms with Gasteiger partial charge in [0, 0.05) is 30.5 Å². The Morgan fingerprint density at radius 3 is 3.11 bits per heavy atom. The number of rotatable bonds is 4. The smallest absolute Gasteiger partial charge is 0.260 e. The number of thiophene rings is 1. The van der Waals surface area contributed by atoms with E-state index in [1.165, 1.54) is 0 Å². The van der Waals surface area contributed by atoms with Crippen LogP contribution in [0.25, 0.3) is 20.3 Å². The van der Waals surface area contributed by atoms with Gasteiger partial charge in [-0.3, -0.25) is 4.79 Å². The number of nitrogens with zero attached hydrogens (tertiary/aromatic N) is 2. The Hall–Kier alpha value is -1.74. The molecular weight excluding hydrogens is 396 g/mol. The Kier molecular flexibility index (Phi) is 4.96. The second-order valence-corrected chi connectivity index (χ2v) is 9.41. The lowest BCUT2D eigenvalue weighted by atomic mass is 9.97. The summed E-state index contributed by atoms with van der Waals surface area (Å²) in [4.78, 5) is 19.3. The van der Waals surface area contributed by atoms with Crippen LogP contribution >= 0.6 is 22.7 Å². The van der Waals surface area contributed by atoms with Crippen LogP contribution in [-0.2, 0) is 14.3 Å². The maximum Gasteiger partial charge on any atom is 0.260 e. The van der Waals surface area contributed by atoms with Gasteiger partial charge < -0.3 is 19.1 Å². The largest absolute Gasteiger partial charge is 0.483 e. The minimum Gasteiger partial charge on any atom is -0.483 e. The van der Waals surface area contributed by atoms with Crippen molar-refractivity contribution in [3.05, 3.63) is 22.5 Å². The number of benzene rings is 1. The molecule has 2 aliphatic rings. The molecule has 1 atom stereocenters. The molecule has 3 aromatic rings. The van der Waals surface area contributed by atoms with E-state index in [9.17, 15) is 4.79 Å². The number of aromatic nitrogens is 1. The topological polar surface area (TPSA) is 60.9 Å². The van der Waals surface area contributed by atoms with E-state index in [1.54, 1.807) is 22.7 Å². The Morgan fingerprint density at radius 1 is 1.39 bits per heavy atom. The van der Waals surface area contributed by atoms with Crippen LogP contribution in [0.4, 0.5) is 0 Å². The highest BCUT2D eigenvalue weighted by molar-refractivity contribution is 7.21. The van der Waals surface area contributed by atoms with Gasteiger partial charge in [-0.1, -0.05) is 0 Å². The molecule has 0 saturated carbocycles. The van der Waals surface area contributed by atoms with E-state index in [1.807, 2.05) is 29.3 Å². The molecule has 4 heterocycles. The number of carbonyl (C=O) groups excluding carboxylic acids is 1. The molecule has 0 bridgehead atoms. The molecular formula is C20H22N2O4S2. The van der Waals surface area contributed by atoms with E-state index in [2.05, 4.69) is 4.98 Å². The van der Waals surface area contributed by atoms with E-state index in [4.69, 9.17) is 14.2 Å². The number of fused-ring (bicyclic) bond motifs is 3. The SMILES string of the molecule is Cc1nc2c(cc(OCC(=O)N3CCCC(C4OCCO4)C3)c3ccsc32)s1. The number of hydrogen-bond acceptors (Lipinski definition) is 7. The molecule has 6 nitrogen and oxygen atoms in total. The van der Waals surface area contributed by atoms with E-state index in [0.29, 0.717) is 19.8 Å². The lowest BCUT2D eigenvalue weighted by Gasteiger charge is -2.34. The molecule has 148 valence electrons. The van der Waals surface area contributed by atoms with Crippen molar-refractivity contribution in [1.29, 1.82) is 0 Å². The van der Waals surface area contributed by atoms with E-state index >= 15 is 0 Å². The molecule has 8 heteroatoms. The summed E-state index contributed by atoms with van der Waals surface area (Å²) in [7, 11) is 0. The van der Waals surface area contributed by atoms with Gasteiger partial charge in [-0.05, 0) is 31.2 Å². The van der Waals surface area contributed by atoms with Crippen LogP contribution in [0, 0.1) is 12.8 Å². The van der Waals surface area contributed by atoms with Crippen LogP contribution < -0.4 is 4.74 Å². The summed E-state index contributed by atoms with van der Waals surface area (Å²) < 4.78 is 19.5. The van der Waals surface area contributed by atoms with Crippen LogP contribution in [0.15, 0.2) is 17.5 Å². The van der Waals surface area contributed by atoms with Crippen LogP contribution in [0.2, 0.25) is 0 Å². The summed E-state index contributed by atoms with van der Waals surface area (Å²) in [5.41, 5.74) is 1.03. The fourth-order valence-corrected chi connectivity index (χ4v) is 5.88. The number of piperidine rings is 1. The summed E-state index contributed by atoms with van der Waals surface area (Å²) in [6.45, 7) is 4.80. The van der Waals surface area contributed by atoms with Crippen LogP contribution in [-0.4, -0.2) is 55.0 Å². The number of hydrogen-bond donors (Lipinski definition) is 0. The summed E-state index contributed by atoms with van der Waals surface area (Å²) in [5, 5.41) is 4.11. The summed E-state index contributed by atoms with van der Waals surface area (Å²) in [5.74, 6) is 1.03. The van der Waals surface area contributed by atoms with Crippen molar-refractivity contribution < 1.29 is 19.0 Å². The number of amides is 1. The van der Waals surface area contributed by atoms with Gasteiger partial charge in [0.15, 0.2) is 12.9 Å². The van der Waals surface area contributed by atoms with E-state index < -0.39 is 0 Å². The molecule has 0 radical (unpaired) electrons. The van der Waals surface area contributed by atoms with Gasteiger partial charge in [-0.25, -0.2) is 4.98 Å². The molecule has 28 heavy (non-hydrogen) atoms. The van der Waals surface area contributed by atoms with E-state index in [0.717, 1.165) is 50.4 Å². The fourth-order valence-electron chi connectivity index (χ4n) is 4.04. The lowest BCUT2D eigenvalue weighted by Crippen LogP contribution is -2.45. The third-order valence-corrected chi connectivity index (χ3v) is 7.20. The van der Waals surface area contributed by atoms with Crippen molar-refractivity contribution in [2.24, 2.45) is 5.92 Å². The first-order valence-corrected chi connectivity index (χ1v) is 11.3. The lowest BCUT2D eigenvalue weighted by molar-refractivity contribution is -0.141. The van der Waals surface area contributed by atoms with Crippen molar-refractivity contribution in [2.45, 2.75) is 26.1 Å². The summed E-state index contributed by atoms with van der Waals surface area (Å²) >= 11 is 3.32. The zero-order valence-corrected chi connectivity index (χ0v) is 17.3. The summed E-state index contributed by atoms with van der Waals surface area (Å²) in [6, 6.07) is 4.06. The highest BCUT2D eigenvalue weighted by atomic mass is 32.1. The predicted molar refractivity (Wildman–Crippen MR) is 110 cm³/mol. The number of ether oxygens (including phenoxy) is 3. The average Bonchev–Trinajstić information content (AvgIpc) is 3.45. The highest BCUT2D eigenvalue weighted by Gasteiger charge is 2.32. The van der Waals surface area contributed by atoms with Gasteiger partial charge in [0.1, 0.15) is 5.75 Å². The second kappa shape index (κ2) is 7.59. The van der Waals surface area contributed by atoms with Crippen molar-refractivity contribution >= 4 is 48.9 Å². The highest BCUT2D eigenvalue weighted by Crippen LogP contribution is 2.38. The van der Waals surface area contributed by atoms with Gasteiger partial charge in [-0.2, -0.15) is 0 Å². The normalized spacial score (nSPS) is 21.0. The predicted octanol–water partition coefficient (Wildman–Crippen LogP) is 3.81. The number of carbonyl (C=O) groups is 1. The van der Waals surface area contributed by atoms with Crippen molar-refractivity contribution in [1.82, 2.24) is 9.88 Å². The zero-order valence-electron chi connectivity index (χ0n) is 15.7. The molecule has 5 rings (SSSR count). The standard InChI is InChI=1S/C20H22N2O4S2/c1-12-21-18-16(28-12)9-15(14-4-8-27-19(14)18)26-11-17(23)22-5-2-3-13(10-22)20-24-6-7-25-20/h4,8-9,13,20H,2-3,5-7,10-11H2,1H3. The molecule has 1 unspecified atom stereocenters. The molecule has 2 aromatic heterocycles. The molecule has 2 aliphatic heterocycles. The molecule has 2 saturated heterocycles. The molecule has 0 aliphatic carbocycles.